The molecule has 3 aliphatic rings. The second kappa shape index (κ2) is 40.6. The summed E-state index contributed by atoms with van der Waals surface area (Å²) in [5, 5.41) is 41.8. The number of aryl methyl sites for hydroxylation is 2. The summed E-state index contributed by atoms with van der Waals surface area (Å²) in [7, 11) is 0. The first kappa shape index (κ1) is 75.4. The highest BCUT2D eigenvalue weighted by Crippen LogP contribution is 2.30. The van der Waals surface area contributed by atoms with Crippen molar-refractivity contribution in [2.24, 2.45) is 5.92 Å². The van der Waals surface area contributed by atoms with Gasteiger partial charge < -0.3 is 60.2 Å². The number of carbonyl (C=O) groups is 9. The third-order valence-corrected chi connectivity index (χ3v) is 17.7. The van der Waals surface area contributed by atoms with Crippen molar-refractivity contribution in [3.05, 3.63) is 71.4 Å². The number of aliphatic carboxylic acids is 1. The van der Waals surface area contributed by atoms with Crippen LogP contribution < -0.4 is 26.0 Å². The first-order chi connectivity index (χ1) is 45.3. The molecule has 0 bridgehead atoms. The van der Waals surface area contributed by atoms with E-state index >= 15 is 0 Å². The van der Waals surface area contributed by atoms with Crippen molar-refractivity contribution >= 4 is 77.0 Å². The van der Waals surface area contributed by atoms with Gasteiger partial charge in [0.2, 0.25) is 23.6 Å². The summed E-state index contributed by atoms with van der Waals surface area (Å²) in [6.45, 7) is 7.65. The molecule has 0 spiro atoms. The third kappa shape index (κ3) is 27.0. The zero-order chi connectivity index (χ0) is 67.7. The van der Waals surface area contributed by atoms with Crippen LogP contribution in [0.1, 0.15) is 86.2 Å². The van der Waals surface area contributed by atoms with Crippen molar-refractivity contribution in [1.82, 2.24) is 55.7 Å². The number of rotatable bonds is 37. The maximum absolute atomic E-state index is 14.6. The molecule has 3 fully saturated rings. The molecule has 4 heterocycles. The lowest BCUT2D eigenvalue weighted by molar-refractivity contribution is -0.140. The minimum absolute atomic E-state index is 0.0167. The Morgan fingerprint density at radius 1 is 0.809 bits per heavy atom. The number of nitriles is 1. The molecule has 3 aliphatic heterocycles. The van der Waals surface area contributed by atoms with Gasteiger partial charge in [-0.15, -0.1) is 0 Å². The van der Waals surface area contributed by atoms with Crippen LogP contribution >= 0.6 is 11.8 Å². The molecule has 3 aromatic rings. The van der Waals surface area contributed by atoms with Gasteiger partial charge >= 0.3 is 5.97 Å². The summed E-state index contributed by atoms with van der Waals surface area (Å²) in [6, 6.07) is 15.0. The third-order valence-electron chi connectivity index (χ3n) is 16.7. The Kier molecular flexibility index (Phi) is 32.6. The Bertz CT molecular complexity index is 2980. The topological polar surface area (TPSA) is 335 Å². The predicted octanol–water partition coefficient (Wildman–Crippen LogP) is 1.72. The molecule has 27 nitrogen and oxygen atoms in total. The molecule has 1 unspecified atom stereocenters. The van der Waals surface area contributed by atoms with Gasteiger partial charge in [0.15, 0.2) is 0 Å². The van der Waals surface area contributed by atoms with Crippen molar-refractivity contribution in [3.8, 4) is 11.8 Å². The van der Waals surface area contributed by atoms with Crippen molar-refractivity contribution in [2.45, 2.75) is 102 Å². The number of benzene rings is 2. The fraction of sp³-hybridized carbons (Fsp3) is 0.615. The number of aliphatic hydroxyl groups is 1. The number of nitrogens with one attached hydrogen (secondary N) is 4. The Labute approximate surface area is 553 Å². The summed E-state index contributed by atoms with van der Waals surface area (Å²) in [5.74, 6) is -2.14. The highest BCUT2D eigenvalue weighted by molar-refractivity contribution is 7.99. The van der Waals surface area contributed by atoms with Gasteiger partial charge in [-0.25, -0.2) is 4.39 Å². The average molecular weight is 1330 g/mol. The quantitative estimate of drug-likeness (QED) is 0.0354. The van der Waals surface area contributed by atoms with Crippen LogP contribution in [0.3, 0.4) is 0 Å². The van der Waals surface area contributed by atoms with Gasteiger partial charge in [0, 0.05) is 121 Å². The molecule has 4 atom stereocenters. The molecule has 0 aliphatic carbocycles. The van der Waals surface area contributed by atoms with Gasteiger partial charge in [-0.05, 0) is 94.5 Å². The van der Waals surface area contributed by atoms with E-state index in [0.29, 0.717) is 113 Å². The summed E-state index contributed by atoms with van der Waals surface area (Å²) in [5.41, 5.74) is 1.48. The number of aromatic nitrogens is 1. The van der Waals surface area contributed by atoms with Crippen molar-refractivity contribution in [3.63, 3.8) is 0 Å². The number of hydrogen-bond donors (Lipinski definition) is 6. The van der Waals surface area contributed by atoms with Crippen molar-refractivity contribution < 1.29 is 76.7 Å². The largest absolute Gasteiger partial charge is 0.494 e. The Morgan fingerprint density at radius 2 is 1.48 bits per heavy atom. The molecular weight excluding hydrogens is 1240 g/mol. The maximum atomic E-state index is 14.6. The number of pyridine rings is 1. The molecule has 0 saturated carbocycles. The number of nitrogens with zero attached hydrogens (tertiary/aromatic N) is 8. The van der Waals surface area contributed by atoms with Crippen LogP contribution in [-0.4, -0.2) is 272 Å². The lowest BCUT2D eigenvalue weighted by Gasteiger charge is -2.33. The number of piperidine rings is 1. The zero-order valence-electron chi connectivity index (χ0n) is 54.1. The molecular formula is C65H93FN12O15S. The molecule has 94 heavy (non-hydrogen) atoms. The lowest BCUT2D eigenvalue weighted by atomic mass is 9.91. The van der Waals surface area contributed by atoms with Gasteiger partial charge in [-0.1, -0.05) is 36.2 Å². The average Bonchev–Trinajstić information content (AvgIpc) is 1.02. The molecule has 29 heteroatoms. The maximum Gasteiger partial charge on any atom is 0.317 e. The van der Waals surface area contributed by atoms with E-state index in [1.165, 1.54) is 30.4 Å². The summed E-state index contributed by atoms with van der Waals surface area (Å²) < 4.78 is 36.5. The molecule has 3 saturated heterocycles. The molecule has 516 valence electrons. The van der Waals surface area contributed by atoms with E-state index in [2.05, 4.69) is 38.4 Å². The van der Waals surface area contributed by atoms with Crippen LogP contribution in [-0.2, 0) is 59.0 Å². The number of carboxylic acid groups (broad SMARTS) is 1. The van der Waals surface area contributed by atoms with E-state index in [4.69, 9.17) is 18.9 Å². The molecule has 6 N–H and O–H groups in total. The molecule has 0 radical (unpaired) electrons. The number of likely N-dealkylation sites (tertiary alicyclic amines) is 2. The predicted molar refractivity (Wildman–Crippen MR) is 346 cm³/mol. The van der Waals surface area contributed by atoms with E-state index in [-0.39, 0.29) is 108 Å². The summed E-state index contributed by atoms with van der Waals surface area (Å²) in [6.07, 6.45) is 6.20. The van der Waals surface area contributed by atoms with E-state index in [1.54, 1.807) is 34.1 Å². The zero-order valence-corrected chi connectivity index (χ0v) is 54.9. The summed E-state index contributed by atoms with van der Waals surface area (Å²) in [4.78, 5) is 128. The van der Waals surface area contributed by atoms with Gasteiger partial charge in [0.1, 0.15) is 43.1 Å². The van der Waals surface area contributed by atoms with Crippen molar-refractivity contribution in [1.29, 1.82) is 5.26 Å². The number of fused-ring (bicyclic) bond motifs is 1. The van der Waals surface area contributed by atoms with Gasteiger partial charge in [0.25, 0.3) is 24.8 Å². The van der Waals surface area contributed by atoms with Gasteiger partial charge in [0.05, 0.1) is 56.5 Å². The highest BCUT2D eigenvalue weighted by Gasteiger charge is 2.43. The number of halogens is 1. The Hall–Kier alpha value is -7.59. The molecule has 6 rings (SSSR count). The minimum atomic E-state index is -1.68. The van der Waals surface area contributed by atoms with E-state index in [9.17, 15) is 63.0 Å². The number of carboxylic acids is 1. The van der Waals surface area contributed by atoms with Gasteiger partial charge in [-0.3, -0.25) is 67.7 Å². The number of unbranched alkanes of at least 4 members (excludes halogenated alkanes) is 1. The van der Waals surface area contributed by atoms with Crippen LogP contribution in [0.25, 0.3) is 10.9 Å². The first-order valence-corrected chi connectivity index (χ1v) is 33.4. The lowest BCUT2D eigenvalue weighted by Crippen LogP contribution is -2.52. The number of alkyl halides is 1. The van der Waals surface area contributed by atoms with Crippen LogP contribution in [0.4, 0.5) is 4.39 Å². The number of carbonyl (C=O) groups excluding carboxylic acids is 8. The standard InChI is InChI=1S/C65H93FN12O15S/c1-48-9-11-49(12-10-48)7-5-8-58(82)69-20-34-90-33-18-56(72-59(83)40-73-24-25-74(41-61(85)86)27-29-76(45-92-47-80)31-30-75(28-26-73)44-91-46-79)63(88)70-21-35-94-42-57(81)64(89)77-22-16-50(17-23-77)6-3-4-32-93-52-13-14-55-54(36-52)53(15-19-68-55)62(87)71-39-60(84)78-43-65(2,66)37-51(78)38-67/h9-15,19,36,46-47,50-51,56-57,81H,3-8,16-18,20-35,37,39-45H2,1-2H3,(H,69,82)(H,70,88)(H,71,87)(H,72,83)(H,85,86)/t51-,56+,57-,65?/m1/s1. The SMILES string of the molecule is Cc1ccc(CCCC(=O)NCCOCC[C@H](NC(=O)CN2CCN(COC=O)CCN(COC=O)CCN(CC(=O)O)CC2)C(=O)NCCSC[C@@H](O)C(=O)N2CCC(CCCCOc3ccc4nccc(C(=O)NCC(=O)N5CC(C)(F)C[C@@H]5C#N)c4c3)CC2)cc1. The second-order valence-electron chi connectivity index (χ2n) is 24.2. The Balaban J connectivity index is 0.918. The number of thioether (sulfide) groups is 1. The number of ether oxygens (including phenoxy) is 4. The fourth-order valence-electron chi connectivity index (χ4n) is 11.4. The summed E-state index contributed by atoms with van der Waals surface area (Å²) >= 11 is 1.30. The Morgan fingerprint density at radius 3 is 2.14 bits per heavy atom. The minimum Gasteiger partial charge on any atom is -0.494 e. The monoisotopic (exact) mass is 1330 g/mol. The molecule has 1 aromatic heterocycles. The number of amides is 6. The van der Waals surface area contributed by atoms with Crippen LogP contribution in [0.15, 0.2) is 54.7 Å². The molecule has 2 aromatic carbocycles. The van der Waals surface area contributed by atoms with E-state index in [1.807, 2.05) is 39.8 Å². The molecule has 6 amide bonds. The van der Waals surface area contributed by atoms with E-state index in [0.717, 1.165) is 49.0 Å². The number of hydrogen-bond acceptors (Lipinski definition) is 21. The fourth-order valence-corrected chi connectivity index (χ4v) is 12.2. The van der Waals surface area contributed by atoms with Gasteiger partial charge in [-0.2, -0.15) is 17.0 Å². The van der Waals surface area contributed by atoms with Crippen LogP contribution in [0, 0.1) is 24.2 Å². The van der Waals surface area contributed by atoms with Crippen LogP contribution in [0.5, 0.6) is 5.75 Å². The van der Waals surface area contributed by atoms with E-state index < -0.39 is 60.0 Å². The number of aliphatic hydroxyl groups excluding tert-OH is 1. The highest BCUT2D eigenvalue weighted by atomic mass is 32.2. The smallest absolute Gasteiger partial charge is 0.317 e. The van der Waals surface area contributed by atoms with Crippen molar-refractivity contribution in [2.75, 3.05) is 150 Å². The van der Waals surface area contributed by atoms with Crippen LogP contribution in [0.2, 0.25) is 0 Å². The first-order valence-electron chi connectivity index (χ1n) is 32.2. The normalized spacial score (nSPS) is 18.7. The second-order valence-corrected chi connectivity index (χ2v) is 25.3.